The van der Waals surface area contributed by atoms with Crippen LogP contribution >= 0.6 is 11.6 Å². The van der Waals surface area contributed by atoms with Crippen LogP contribution in [0.4, 0.5) is 4.39 Å². The van der Waals surface area contributed by atoms with E-state index in [2.05, 4.69) is 4.98 Å². The van der Waals surface area contributed by atoms with Crippen molar-refractivity contribution in [1.29, 1.82) is 0 Å². The number of benzene rings is 2. The van der Waals surface area contributed by atoms with Crippen LogP contribution in [0.15, 0.2) is 52.1 Å². The molecule has 23 heavy (non-hydrogen) atoms. The lowest BCUT2D eigenvalue weighted by Gasteiger charge is -2.18. The zero-order chi connectivity index (χ0) is 16.2. The van der Waals surface area contributed by atoms with Crippen molar-refractivity contribution in [1.82, 2.24) is 9.55 Å². The van der Waals surface area contributed by atoms with E-state index in [1.807, 2.05) is 12.1 Å². The van der Waals surface area contributed by atoms with E-state index >= 15 is 0 Å². The summed E-state index contributed by atoms with van der Waals surface area (Å²) in [6.07, 6.45) is 1.40. The molecule has 1 heterocycles. The van der Waals surface area contributed by atoms with E-state index in [0.717, 1.165) is 11.6 Å². The molecule has 0 aliphatic heterocycles. The summed E-state index contributed by atoms with van der Waals surface area (Å²) < 4.78 is 14.6. The molecular formula is C17H12ClFN2O2. The Balaban J connectivity index is 1.99. The van der Waals surface area contributed by atoms with Gasteiger partial charge < -0.3 is 4.98 Å². The lowest BCUT2D eigenvalue weighted by atomic mass is 10.0. The summed E-state index contributed by atoms with van der Waals surface area (Å²) in [6, 6.07) is 10.9. The van der Waals surface area contributed by atoms with Crippen molar-refractivity contribution < 1.29 is 4.39 Å². The Morgan fingerprint density at radius 1 is 1.09 bits per heavy atom. The molecule has 0 unspecified atom stereocenters. The van der Waals surface area contributed by atoms with Gasteiger partial charge in [-0.05, 0) is 48.7 Å². The maximum absolute atomic E-state index is 13.3. The van der Waals surface area contributed by atoms with Crippen molar-refractivity contribution in [3.05, 3.63) is 79.7 Å². The van der Waals surface area contributed by atoms with Gasteiger partial charge in [-0.1, -0.05) is 23.7 Å². The van der Waals surface area contributed by atoms with E-state index < -0.39 is 22.6 Å². The molecule has 0 radical (unpaired) electrons. The van der Waals surface area contributed by atoms with Crippen LogP contribution in [-0.4, -0.2) is 9.55 Å². The number of nitrogens with one attached hydrogen (secondary N) is 1. The van der Waals surface area contributed by atoms with Gasteiger partial charge in [0.05, 0.1) is 16.4 Å². The standard InChI is InChI=1S/C17H12ClFN2O2/c18-11-3-1-10(2-4-11)17(7-8-17)21-15(22)13-6-5-12(19)9-14(13)20-16(21)23/h1-6,9H,7-8H2,(H,20,23). The van der Waals surface area contributed by atoms with Crippen LogP contribution in [0.1, 0.15) is 18.4 Å². The number of H-pyrrole nitrogens is 1. The molecule has 4 rings (SSSR count). The Hall–Kier alpha value is -2.40. The lowest BCUT2D eigenvalue weighted by Crippen LogP contribution is -2.42. The van der Waals surface area contributed by atoms with Gasteiger partial charge in [0.25, 0.3) is 5.56 Å². The van der Waals surface area contributed by atoms with E-state index in [9.17, 15) is 14.0 Å². The summed E-state index contributed by atoms with van der Waals surface area (Å²) in [5.41, 5.74) is -0.492. The minimum Gasteiger partial charge on any atom is -0.307 e. The SMILES string of the molecule is O=c1[nH]c2cc(F)ccc2c(=O)n1C1(c2ccc(Cl)cc2)CC1. The van der Waals surface area contributed by atoms with Gasteiger partial charge in [-0.2, -0.15) is 0 Å². The zero-order valence-electron chi connectivity index (χ0n) is 12.0. The Morgan fingerprint density at radius 2 is 1.78 bits per heavy atom. The summed E-state index contributed by atoms with van der Waals surface area (Å²) in [4.78, 5) is 27.8. The number of hydrogen-bond donors (Lipinski definition) is 1. The molecule has 1 aliphatic carbocycles. The Labute approximate surface area is 135 Å². The summed E-state index contributed by atoms with van der Waals surface area (Å²) in [6.45, 7) is 0. The van der Waals surface area contributed by atoms with Gasteiger partial charge in [-0.3, -0.25) is 4.79 Å². The number of aromatic amines is 1. The van der Waals surface area contributed by atoms with E-state index in [0.29, 0.717) is 23.3 Å². The highest BCUT2D eigenvalue weighted by molar-refractivity contribution is 6.30. The predicted octanol–water partition coefficient (Wildman–Crippen LogP) is 3.02. The highest BCUT2D eigenvalue weighted by Gasteiger charge is 2.48. The molecule has 4 nitrogen and oxygen atoms in total. The van der Waals surface area contributed by atoms with Gasteiger partial charge in [0, 0.05) is 5.02 Å². The first-order chi connectivity index (χ1) is 11.0. The number of fused-ring (bicyclic) bond motifs is 1. The summed E-state index contributed by atoms with van der Waals surface area (Å²) in [5.74, 6) is -0.496. The van der Waals surface area contributed by atoms with Crippen LogP contribution in [0.25, 0.3) is 10.9 Å². The Bertz CT molecular complexity index is 1030. The van der Waals surface area contributed by atoms with Gasteiger partial charge in [-0.15, -0.1) is 0 Å². The summed E-state index contributed by atoms with van der Waals surface area (Å²) >= 11 is 5.91. The van der Waals surface area contributed by atoms with Crippen molar-refractivity contribution in [3.8, 4) is 0 Å². The number of hydrogen-bond acceptors (Lipinski definition) is 2. The molecule has 1 aliphatic rings. The van der Waals surface area contributed by atoms with Gasteiger partial charge >= 0.3 is 5.69 Å². The number of aromatic nitrogens is 2. The van der Waals surface area contributed by atoms with Crippen molar-refractivity contribution >= 4 is 22.5 Å². The van der Waals surface area contributed by atoms with Crippen LogP contribution in [-0.2, 0) is 5.54 Å². The van der Waals surface area contributed by atoms with Crippen molar-refractivity contribution in [3.63, 3.8) is 0 Å². The molecule has 0 saturated heterocycles. The highest BCUT2D eigenvalue weighted by atomic mass is 35.5. The molecule has 0 spiro atoms. The predicted molar refractivity (Wildman–Crippen MR) is 86.5 cm³/mol. The highest BCUT2D eigenvalue weighted by Crippen LogP contribution is 2.48. The Kier molecular flexibility index (Phi) is 2.96. The molecule has 0 amide bonds. The van der Waals surface area contributed by atoms with Gasteiger partial charge in [0.2, 0.25) is 0 Å². The van der Waals surface area contributed by atoms with E-state index in [1.165, 1.54) is 16.7 Å². The fourth-order valence-electron chi connectivity index (χ4n) is 3.10. The van der Waals surface area contributed by atoms with Gasteiger partial charge in [0.15, 0.2) is 0 Å². The minimum absolute atomic E-state index is 0.211. The largest absolute Gasteiger partial charge is 0.329 e. The van der Waals surface area contributed by atoms with E-state index in [-0.39, 0.29) is 5.52 Å². The molecule has 1 aromatic heterocycles. The second-order valence-electron chi connectivity index (χ2n) is 5.80. The third kappa shape index (κ3) is 2.11. The van der Waals surface area contributed by atoms with Gasteiger partial charge in [-0.25, -0.2) is 13.8 Å². The van der Waals surface area contributed by atoms with Crippen molar-refractivity contribution in [2.75, 3.05) is 0 Å². The molecule has 2 aromatic carbocycles. The van der Waals surface area contributed by atoms with E-state index in [1.54, 1.807) is 12.1 Å². The maximum atomic E-state index is 13.3. The minimum atomic E-state index is -0.641. The average molecular weight is 331 g/mol. The normalized spacial score (nSPS) is 15.7. The van der Waals surface area contributed by atoms with Crippen molar-refractivity contribution in [2.45, 2.75) is 18.4 Å². The topological polar surface area (TPSA) is 54.9 Å². The number of halogens is 2. The molecule has 3 aromatic rings. The van der Waals surface area contributed by atoms with Crippen LogP contribution in [0.2, 0.25) is 5.02 Å². The second kappa shape index (κ2) is 4.80. The molecule has 6 heteroatoms. The second-order valence-corrected chi connectivity index (χ2v) is 6.24. The van der Waals surface area contributed by atoms with Crippen LogP contribution in [0.5, 0.6) is 0 Å². The first-order valence-electron chi connectivity index (χ1n) is 7.22. The smallest absolute Gasteiger partial charge is 0.307 e. The number of nitrogens with zero attached hydrogens (tertiary/aromatic N) is 1. The Morgan fingerprint density at radius 3 is 2.43 bits per heavy atom. The summed E-state index contributed by atoms with van der Waals surface area (Å²) in [5, 5.41) is 0.894. The number of rotatable bonds is 2. The molecule has 0 atom stereocenters. The summed E-state index contributed by atoms with van der Waals surface area (Å²) in [7, 11) is 0. The van der Waals surface area contributed by atoms with Crippen LogP contribution in [0.3, 0.4) is 0 Å². The molecular weight excluding hydrogens is 319 g/mol. The van der Waals surface area contributed by atoms with Crippen molar-refractivity contribution in [2.24, 2.45) is 0 Å². The maximum Gasteiger partial charge on any atom is 0.329 e. The zero-order valence-corrected chi connectivity index (χ0v) is 12.7. The molecule has 0 bridgehead atoms. The lowest BCUT2D eigenvalue weighted by molar-refractivity contribution is 0.527. The third-order valence-corrected chi connectivity index (χ3v) is 4.64. The molecule has 1 saturated carbocycles. The first-order valence-corrected chi connectivity index (χ1v) is 7.60. The monoisotopic (exact) mass is 330 g/mol. The third-order valence-electron chi connectivity index (χ3n) is 4.39. The van der Waals surface area contributed by atoms with E-state index in [4.69, 9.17) is 11.6 Å². The molecule has 1 N–H and O–H groups in total. The molecule has 116 valence electrons. The molecule has 1 fully saturated rings. The average Bonchev–Trinajstić information content (AvgIpc) is 3.29. The van der Waals surface area contributed by atoms with Crippen LogP contribution in [0, 0.1) is 5.82 Å². The fourth-order valence-corrected chi connectivity index (χ4v) is 3.22. The van der Waals surface area contributed by atoms with Gasteiger partial charge in [0.1, 0.15) is 5.82 Å². The van der Waals surface area contributed by atoms with Crippen LogP contribution < -0.4 is 11.2 Å². The fraction of sp³-hybridized carbons (Fsp3) is 0.176. The quantitative estimate of drug-likeness (QED) is 0.785. The first kappa shape index (κ1) is 14.2.